The van der Waals surface area contributed by atoms with Gasteiger partial charge in [0.15, 0.2) is 0 Å². The van der Waals surface area contributed by atoms with E-state index in [1.54, 1.807) is 48.5 Å². The van der Waals surface area contributed by atoms with E-state index in [2.05, 4.69) is 42.1 Å². The van der Waals surface area contributed by atoms with Crippen LogP contribution in [0.3, 0.4) is 0 Å². The third-order valence-corrected chi connectivity index (χ3v) is 9.19. The van der Waals surface area contributed by atoms with E-state index < -0.39 is 9.84 Å². The van der Waals surface area contributed by atoms with Crippen molar-refractivity contribution in [1.29, 1.82) is 0 Å². The maximum absolute atomic E-state index is 13.1. The molecule has 0 amide bonds. The molecule has 0 fully saturated rings. The molecule has 0 aromatic heterocycles. The van der Waals surface area contributed by atoms with Gasteiger partial charge in [-0.15, -0.1) is 9.24 Å². The Labute approximate surface area is 222 Å². The van der Waals surface area contributed by atoms with Crippen LogP contribution in [0.4, 0.5) is 0 Å². The second-order valence-corrected chi connectivity index (χ2v) is 11.9. The highest BCUT2D eigenvalue weighted by molar-refractivity contribution is 7.91. The maximum atomic E-state index is 13.1. The predicted molar refractivity (Wildman–Crippen MR) is 153 cm³/mol. The van der Waals surface area contributed by atoms with Crippen LogP contribution in [0.15, 0.2) is 107 Å². The Kier molecular flexibility index (Phi) is 8.68. The molecule has 0 aliphatic rings. The molecule has 0 N–H and O–H groups in total. The molecule has 0 spiro atoms. The summed E-state index contributed by atoms with van der Waals surface area (Å²) in [5.74, 6) is 3.08. The Morgan fingerprint density at radius 3 is 1.30 bits per heavy atom. The summed E-state index contributed by atoms with van der Waals surface area (Å²) in [4.78, 5) is 0.414. The molecule has 4 nitrogen and oxygen atoms in total. The first kappa shape index (κ1) is 26.9. The van der Waals surface area contributed by atoms with Crippen molar-refractivity contribution < 1.29 is 17.9 Å². The molecule has 6 heteroatoms. The quantitative estimate of drug-likeness (QED) is 0.191. The average molecular weight is 533 g/mol. The summed E-state index contributed by atoms with van der Waals surface area (Å²) in [5.41, 5.74) is 2.92. The highest BCUT2D eigenvalue weighted by atomic mass is 32.2. The SMILES string of the molecule is CCC(C)c1ccc(Oc2ccc(S(=O)(=O)c3ccc(Oc4ccc(C(P)CC)cc4)cc3)cc2)cc1. The Hall–Kier alpha value is -3.14. The molecule has 0 heterocycles. The van der Waals surface area contributed by atoms with Gasteiger partial charge in [0, 0.05) is 0 Å². The standard InChI is InChI=1S/C31H33O4PS/c1-4-22(3)23-6-10-25(11-7-23)34-27-14-18-29(19-15-27)37(32,33)30-20-16-28(17-21-30)35-26-12-8-24(9-13-26)31(36)5-2/h6-22,31H,4-5,36H2,1-3H3. The average Bonchev–Trinajstić information content (AvgIpc) is 2.93. The van der Waals surface area contributed by atoms with E-state index in [1.165, 1.54) is 11.1 Å². The predicted octanol–water partition coefficient (Wildman–Crippen LogP) is 8.94. The molecule has 0 aliphatic heterocycles. The fraction of sp³-hybridized carbons (Fsp3) is 0.226. The fourth-order valence-corrected chi connectivity index (χ4v) is 5.38. The zero-order chi connectivity index (χ0) is 26.4. The minimum absolute atomic E-state index is 0.207. The Balaban J connectivity index is 1.41. The molecular weight excluding hydrogens is 499 g/mol. The van der Waals surface area contributed by atoms with Gasteiger partial charge in [0.2, 0.25) is 9.84 Å². The number of hydrogen-bond donors (Lipinski definition) is 0. The van der Waals surface area contributed by atoms with Crippen molar-refractivity contribution in [3.05, 3.63) is 108 Å². The molecule has 0 saturated carbocycles. The van der Waals surface area contributed by atoms with Gasteiger partial charge in [0.25, 0.3) is 0 Å². The summed E-state index contributed by atoms with van der Waals surface area (Å²) in [7, 11) is -0.828. The van der Waals surface area contributed by atoms with Crippen LogP contribution in [-0.2, 0) is 9.84 Å². The summed E-state index contributed by atoms with van der Waals surface area (Å²) >= 11 is 0. The van der Waals surface area contributed by atoms with Gasteiger partial charge in [-0.2, -0.15) is 0 Å². The van der Waals surface area contributed by atoms with Crippen LogP contribution < -0.4 is 9.47 Å². The fourth-order valence-electron chi connectivity index (χ4n) is 3.90. The second-order valence-electron chi connectivity index (χ2n) is 9.11. The van der Waals surface area contributed by atoms with Crippen molar-refractivity contribution in [2.45, 2.75) is 55.0 Å². The lowest BCUT2D eigenvalue weighted by Crippen LogP contribution is -2.01. The normalized spacial score (nSPS) is 13.1. The second kappa shape index (κ2) is 11.9. The van der Waals surface area contributed by atoms with Crippen LogP contribution in [-0.4, -0.2) is 8.42 Å². The van der Waals surface area contributed by atoms with Crippen molar-refractivity contribution in [1.82, 2.24) is 0 Å². The van der Waals surface area contributed by atoms with Crippen LogP contribution in [0.5, 0.6) is 23.0 Å². The van der Waals surface area contributed by atoms with Crippen molar-refractivity contribution in [2.24, 2.45) is 0 Å². The zero-order valence-electron chi connectivity index (χ0n) is 21.4. The molecule has 37 heavy (non-hydrogen) atoms. The van der Waals surface area contributed by atoms with Gasteiger partial charge in [-0.25, -0.2) is 8.42 Å². The molecule has 0 saturated heterocycles. The topological polar surface area (TPSA) is 52.6 Å². The van der Waals surface area contributed by atoms with Crippen molar-refractivity contribution in [3.8, 4) is 23.0 Å². The third kappa shape index (κ3) is 6.60. The van der Waals surface area contributed by atoms with E-state index in [0.29, 0.717) is 34.6 Å². The number of hydrogen-bond acceptors (Lipinski definition) is 4. The third-order valence-electron chi connectivity index (χ3n) is 6.55. The number of ether oxygens (including phenoxy) is 2. The minimum atomic E-state index is -3.67. The van der Waals surface area contributed by atoms with Crippen LogP contribution >= 0.6 is 9.24 Å². The Morgan fingerprint density at radius 1 is 0.595 bits per heavy atom. The van der Waals surface area contributed by atoms with Crippen LogP contribution in [0.25, 0.3) is 0 Å². The minimum Gasteiger partial charge on any atom is -0.457 e. The molecule has 4 aromatic carbocycles. The first-order valence-electron chi connectivity index (χ1n) is 12.6. The molecular formula is C31H33O4PS. The molecule has 0 bridgehead atoms. The lowest BCUT2D eigenvalue weighted by atomic mass is 9.99. The van der Waals surface area contributed by atoms with E-state index in [1.807, 2.05) is 36.4 Å². The summed E-state index contributed by atoms with van der Waals surface area (Å²) in [6.45, 7) is 6.51. The summed E-state index contributed by atoms with van der Waals surface area (Å²) in [5, 5.41) is 0. The molecule has 3 atom stereocenters. The Bertz CT molecular complexity index is 1290. The summed E-state index contributed by atoms with van der Waals surface area (Å²) in [6.07, 6.45) is 2.13. The number of benzene rings is 4. The van der Waals surface area contributed by atoms with Gasteiger partial charge >= 0.3 is 0 Å². The van der Waals surface area contributed by atoms with E-state index in [0.717, 1.165) is 12.8 Å². The summed E-state index contributed by atoms with van der Waals surface area (Å²) in [6, 6.07) is 28.9. The zero-order valence-corrected chi connectivity index (χ0v) is 23.4. The molecule has 4 aromatic rings. The van der Waals surface area contributed by atoms with Crippen LogP contribution in [0, 0.1) is 0 Å². The highest BCUT2D eigenvalue weighted by Gasteiger charge is 2.18. The smallest absolute Gasteiger partial charge is 0.206 e. The van der Waals surface area contributed by atoms with E-state index >= 15 is 0 Å². The van der Waals surface area contributed by atoms with Gasteiger partial charge in [-0.3, -0.25) is 0 Å². The van der Waals surface area contributed by atoms with Crippen molar-refractivity contribution >= 4 is 19.1 Å². The van der Waals surface area contributed by atoms with Gasteiger partial charge in [-0.05, 0) is 108 Å². The van der Waals surface area contributed by atoms with Crippen molar-refractivity contribution in [3.63, 3.8) is 0 Å². The molecule has 0 aliphatic carbocycles. The molecule has 192 valence electrons. The first-order valence-corrected chi connectivity index (χ1v) is 14.7. The number of sulfone groups is 1. The summed E-state index contributed by atoms with van der Waals surface area (Å²) < 4.78 is 38.1. The molecule has 4 rings (SSSR count). The van der Waals surface area contributed by atoms with Crippen molar-refractivity contribution in [2.75, 3.05) is 0 Å². The largest absolute Gasteiger partial charge is 0.457 e. The van der Waals surface area contributed by atoms with E-state index in [-0.39, 0.29) is 9.79 Å². The highest BCUT2D eigenvalue weighted by Crippen LogP contribution is 2.31. The van der Waals surface area contributed by atoms with Gasteiger partial charge in [0.1, 0.15) is 23.0 Å². The van der Waals surface area contributed by atoms with Crippen LogP contribution in [0.1, 0.15) is 56.3 Å². The van der Waals surface area contributed by atoms with Gasteiger partial charge in [-0.1, -0.05) is 45.0 Å². The Morgan fingerprint density at radius 2 is 0.946 bits per heavy atom. The van der Waals surface area contributed by atoms with Gasteiger partial charge in [0.05, 0.1) is 9.79 Å². The monoisotopic (exact) mass is 532 g/mol. The number of rotatable bonds is 10. The lowest BCUT2D eigenvalue weighted by Gasteiger charge is -2.12. The lowest BCUT2D eigenvalue weighted by molar-refractivity contribution is 0.481. The first-order chi connectivity index (χ1) is 17.8. The van der Waals surface area contributed by atoms with E-state index in [9.17, 15) is 8.42 Å². The van der Waals surface area contributed by atoms with Gasteiger partial charge < -0.3 is 9.47 Å². The van der Waals surface area contributed by atoms with E-state index in [4.69, 9.17) is 9.47 Å². The molecule has 0 radical (unpaired) electrons. The maximum Gasteiger partial charge on any atom is 0.206 e. The van der Waals surface area contributed by atoms with Crippen LogP contribution in [0.2, 0.25) is 0 Å². The molecule has 3 unspecified atom stereocenters.